The van der Waals surface area contributed by atoms with Crippen molar-refractivity contribution >= 4 is 23.4 Å². The molecule has 0 radical (unpaired) electrons. The Kier molecular flexibility index (Phi) is 4.72. The Hall–Kier alpha value is -1.55. The molecule has 1 aliphatic carbocycles. The maximum Gasteiger partial charge on any atom is 0.254 e. The highest BCUT2D eigenvalue weighted by Crippen LogP contribution is 2.41. The van der Waals surface area contributed by atoms with Gasteiger partial charge in [0.2, 0.25) is 5.91 Å². The second kappa shape index (κ2) is 6.99. The largest absolute Gasteiger partial charge is 0.341 e. The first-order chi connectivity index (χ1) is 12.1. The Balaban J connectivity index is 1.64. The monoisotopic (exact) mass is 360 g/mol. The van der Waals surface area contributed by atoms with Gasteiger partial charge in [0, 0.05) is 29.7 Å². The number of carbonyl (C=O) groups is 2. The number of amides is 2. The summed E-state index contributed by atoms with van der Waals surface area (Å²) in [6.07, 6.45) is 7.48. The molecule has 134 valence electrons. The summed E-state index contributed by atoms with van der Waals surface area (Å²) in [5.74, 6) is 0.588. The standard InChI is InChI=1S/C20H25ClN2O2/c21-16-8-5-7-15(12-16)19(24)23-17-9-2-1-6-14(17)13-18(23)20(25)22-10-3-4-11-22/h5,7-8,12,14,17-18H,1-4,6,9-11,13H2. The molecule has 5 heteroatoms. The molecule has 4 rings (SSSR count). The lowest BCUT2D eigenvalue weighted by Gasteiger charge is -2.34. The topological polar surface area (TPSA) is 40.6 Å². The Bertz CT molecular complexity index is 671. The zero-order valence-corrected chi connectivity index (χ0v) is 15.3. The predicted molar refractivity (Wildman–Crippen MR) is 97.6 cm³/mol. The Labute approximate surface area is 154 Å². The Morgan fingerprint density at radius 2 is 1.80 bits per heavy atom. The summed E-state index contributed by atoms with van der Waals surface area (Å²) < 4.78 is 0. The van der Waals surface area contributed by atoms with Crippen LogP contribution in [-0.4, -0.2) is 46.8 Å². The van der Waals surface area contributed by atoms with Gasteiger partial charge < -0.3 is 9.80 Å². The van der Waals surface area contributed by atoms with Crippen molar-refractivity contribution in [1.82, 2.24) is 9.80 Å². The molecule has 3 fully saturated rings. The van der Waals surface area contributed by atoms with Gasteiger partial charge in [-0.25, -0.2) is 0 Å². The summed E-state index contributed by atoms with van der Waals surface area (Å²) in [5, 5.41) is 0.563. The van der Waals surface area contributed by atoms with Gasteiger partial charge in [-0.2, -0.15) is 0 Å². The average Bonchev–Trinajstić information content (AvgIpc) is 3.28. The van der Waals surface area contributed by atoms with Gasteiger partial charge in [0.15, 0.2) is 0 Å². The zero-order chi connectivity index (χ0) is 17.4. The predicted octanol–water partition coefficient (Wildman–Crippen LogP) is 3.74. The molecule has 0 aromatic heterocycles. The molecule has 25 heavy (non-hydrogen) atoms. The Morgan fingerprint density at radius 3 is 2.56 bits per heavy atom. The summed E-state index contributed by atoms with van der Waals surface area (Å²) in [5.41, 5.74) is 0.595. The summed E-state index contributed by atoms with van der Waals surface area (Å²) in [7, 11) is 0. The van der Waals surface area contributed by atoms with Crippen LogP contribution in [0.25, 0.3) is 0 Å². The van der Waals surface area contributed by atoms with Crippen molar-refractivity contribution in [3.63, 3.8) is 0 Å². The van der Waals surface area contributed by atoms with E-state index in [2.05, 4.69) is 0 Å². The van der Waals surface area contributed by atoms with Crippen LogP contribution in [0.5, 0.6) is 0 Å². The minimum absolute atomic E-state index is 0.0329. The van der Waals surface area contributed by atoms with Gasteiger partial charge in [-0.1, -0.05) is 30.5 Å². The summed E-state index contributed by atoms with van der Waals surface area (Å²) in [6.45, 7) is 1.67. The molecule has 0 bridgehead atoms. The van der Waals surface area contributed by atoms with Crippen molar-refractivity contribution in [3.8, 4) is 0 Å². The van der Waals surface area contributed by atoms with Crippen LogP contribution in [0.4, 0.5) is 0 Å². The third-order valence-corrected chi connectivity index (χ3v) is 6.33. The van der Waals surface area contributed by atoms with E-state index in [4.69, 9.17) is 11.6 Å². The number of fused-ring (bicyclic) bond motifs is 1. The number of hydrogen-bond acceptors (Lipinski definition) is 2. The molecular formula is C20H25ClN2O2. The lowest BCUT2D eigenvalue weighted by Crippen LogP contribution is -2.50. The fraction of sp³-hybridized carbons (Fsp3) is 0.600. The van der Waals surface area contributed by atoms with Gasteiger partial charge in [0.1, 0.15) is 6.04 Å². The van der Waals surface area contributed by atoms with Gasteiger partial charge >= 0.3 is 0 Å². The van der Waals surface area contributed by atoms with Crippen LogP contribution in [0.3, 0.4) is 0 Å². The molecule has 2 aliphatic heterocycles. The van der Waals surface area contributed by atoms with Crippen LogP contribution in [0.1, 0.15) is 55.3 Å². The van der Waals surface area contributed by atoms with Crippen molar-refractivity contribution in [3.05, 3.63) is 34.9 Å². The summed E-state index contributed by atoms with van der Waals surface area (Å²) in [6, 6.07) is 7.02. The maximum absolute atomic E-state index is 13.3. The molecule has 1 aromatic carbocycles. The van der Waals surface area contributed by atoms with Crippen LogP contribution in [0, 0.1) is 5.92 Å². The number of likely N-dealkylation sites (tertiary alicyclic amines) is 2. The van der Waals surface area contributed by atoms with E-state index in [1.165, 1.54) is 6.42 Å². The zero-order valence-electron chi connectivity index (χ0n) is 14.5. The van der Waals surface area contributed by atoms with Crippen molar-refractivity contribution < 1.29 is 9.59 Å². The minimum atomic E-state index is -0.294. The van der Waals surface area contributed by atoms with Gasteiger partial charge in [0.05, 0.1) is 0 Å². The van der Waals surface area contributed by atoms with E-state index in [0.29, 0.717) is 16.5 Å². The van der Waals surface area contributed by atoms with Crippen molar-refractivity contribution in [2.24, 2.45) is 5.92 Å². The molecule has 2 amide bonds. The van der Waals surface area contributed by atoms with E-state index in [1.807, 2.05) is 15.9 Å². The first-order valence-corrected chi connectivity index (χ1v) is 9.90. The van der Waals surface area contributed by atoms with E-state index in [-0.39, 0.29) is 23.9 Å². The molecule has 3 aliphatic rings. The third-order valence-electron chi connectivity index (χ3n) is 6.10. The number of halogens is 1. The van der Waals surface area contributed by atoms with Crippen molar-refractivity contribution in [2.45, 2.75) is 57.0 Å². The van der Waals surface area contributed by atoms with Crippen LogP contribution in [0.2, 0.25) is 5.02 Å². The van der Waals surface area contributed by atoms with Crippen molar-refractivity contribution in [1.29, 1.82) is 0 Å². The molecule has 0 N–H and O–H groups in total. The number of nitrogens with zero attached hydrogens (tertiary/aromatic N) is 2. The van der Waals surface area contributed by atoms with Gasteiger partial charge in [-0.3, -0.25) is 9.59 Å². The van der Waals surface area contributed by atoms with E-state index in [9.17, 15) is 9.59 Å². The second-order valence-electron chi connectivity index (χ2n) is 7.62. The van der Waals surface area contributed by atoms with Crippen LogP contribution in [0.15, 0.2) is 24.3 Å². The SMILES string of the molecule is O=C(C1CC2CCCCC2N1C(=O)c1cccc(Cl)c1)N1CCCC1. The van der Waals surface area contributed by atoms with Gasteiger partial charge in [-0.15, -0.1) is 0 Å². The fourth-order valence-corrected chi connectivity index (χ4v) is 5.08. The lowest BCUT2D eigenvalue weighted by molar-refractivity contribution is -0.134. The van der Waals surface area contributed by atoms with Crippen LogP contribution >= 0.6 is 11.6 Å². The molecule has 1 aromatic rings. The first-order valence-electron chi connectivity index (χ1n) is 9.52. The highest BCUT2D eigenvalue weighted by atomic mass is 35.5. The minimum Gasteiger partial charge on any atom is -0.341 e. The molecule has 3 unspecified atom stereocenters. The highest BCUT2D eigenvalue weighted by molar-refractivity contribution is 6.31. The van der Waals surface area contributed by atoms with E-state index in [1.54, 1.807) is 18.2 Å². The van der Waals surface area contributed by atoms with Crippen molar-refractivity contribution in [2.75, 3.05) is 13.1 Å². The number of rotatable bonds is 2. The van der Waals surface area contributed by atoms with Gasteiger partial charge in [0.25, 0.3) is 5.91 Å². The molecule has 1 saturated carbocycles. The molecule has 3 atom stereocenters. The van der Waals surface area contributed by atoms with E-state index in [0.717, 1.165) is 51.6 Å². The highest BCUT2D eigenvalue weighted by Gasteiger charge is 2.48. The number of carbonyl (C=O) groups excluding carboxylic acids is 2. The second-order valence-corrected chi connectivity index (χ2v) is 8.05. The number of hydrogen-bond donors (Lipinski definition) is 0. The Morgan fingerprint density at radius 1 is 1.04 bits per heavy atom. The molecule has 4 nitrogen and oxygen atoms in total. The smallest absolute Gasteiger partial charge is 0.254 e. The normalized spacial score (nSPS) is 28.9. The molecule has 0 spiro atoms. The quantitative estimate of drug-likeness (QED) is 0.806. The summed E-state index contributed by atoms with van der Waals surface area (Å²) >= 11 is 6.09. The molecule has 2 saturated heterocycles. The summed E-state index contributed by atoms with van der Waals surface area (Å²) in [4.78, 5) is 30.3. The molecule has 2 heterocycles. The van der Waals surface area contributed by atoms with Crippen LogP contribution in [-0.2, 0) is 4.79 Å². The average molecular weight is 361 g/mol. The van der Waals surface area contributed by atoms with E-state index < -0.39 is 0 Å². The molecular weight excluding hydrogens is 336 g/mol. The first kappa shape index (κ1) is 16.9. The van der Waals surface area contributed by atoms with E-state index >= 15 is 0 Å². The fourth-order valence-electron chi connectivity index (χ4n) is 4.89. The van der Waals surface area contributed by atoms with Gasteiger partial charge in [-0.05, 0) is 56.2 Å². The third kappa shape index (κ3) is 3.17. The lowest BCUT2D eigenvalue weighted by atomic mass is 9.84. The number of benzene rings is 1. The maximum atomic E-state index is 13.3. The van der Waals surface area contributed by atoms with Crippen LogP contribution < -0.4 is 0 Å².